The Balaban J connectivity index is 1.78. The summed E-state index contributed by atoms with van der Waals surface area (Å²) in [4.78, 5) is 24.3. The van der Waals surface area contributed by atoms with Crippen molar-refractivity contribution < 1.29 is 4.79 Å². The summed E-state index contributed by atoms with van der Waals surface area (Å²) in [5, 5.41) is 11.3. The number of amides is 1. The molecule has 0 spiro atoms. The second-order valence-electron chi connectivity index (χ2n) is 6.95. The average molecular weight is 363 g/mol. The molecule has 2 aromatic carbocycles. The van der Waals surface area contributed by atoms with Crippen LogP contribution in [0.25, 0.3) is 10.8 Å². The van der Waals surface area contributed by atoms with Gasteiger partial charge in [-0.15, -0.1) is 0 Å². The number of benzene rings is 2. The van der Waals surface area contributed by atoms with Crippen LogP contribution in [0.4, 0.5) is 5.69 Å². The molecule has 3 rings (SSSR count). The maximum absolute atomic E-state index is 12.3. The van der Waals surface area contributed by atoms with Gasteiger partial charge in [0, 0.05) is 23.4 Å². The average Bonchev–Trinajstić information content (AvgIpc) is 2.69. The Kier molecular flexibility index (Phi) is 6.01. The van der Waals surface area contributed by atoms with Crippen molar-refractivity contribution >= 4 is 22.4 Å². The molecule has 1 unspecified atom stereocenters. The lowest BCUT2D eigenvalue weighted by Gasteiger charge is -2.12. The van der Waals surface area contributed by atoms with E-state index in [1.165, 1.54) is 0 Å². The zero-order chi connectivity index (χ0) is 19.2. The number of unbranched alkanes of at least 4 members (excludes halogenated alkanes) is 1. The van der Waals surface area contributed by atoms with E-state index in [1.54, 1.807) is 6.07 Å². The van der Waals surface area contributed by atoms with Gasteiger partial charge in [-0.1, -0.05) is 57.0 Å². The molecule has 0 aliphatic heterocycles. The number of hydrogen-bond acceptors (Lipinski definition) is 3. The molecule has 0 fully saturated rings. The number of carbonyl (C=O) groups excluding carboxylic acids is 1. The number of nitrogens with zero attached hydrogens (tertiary/aromatic N) is 1. The van der Waals surface area contributed by atoms with Crippen LogP contribution >= 0.6 is 0 Å². The second-order valence-corrected chi connectivity index (χ2v) is 6.95. The first kappa shape index (κ1) is 18.8. The number of fused-ring (bicyclic) bond motifs is 1. The van der Waals surface area contributed by atoms with E-state index < -0.39 is 0 Å². The van der Waals surface area contributed by atoms with Gasteiger partial charge in [0.1, 0.15) is 0 Å². The summed E-state index contributed by atoms with van der Waals surface area (Å²) in [5.41, 5.74) is 2.44. The first-order chi connectivity index (χ1) is 13.1. The molecule has 1 heterocycles. The van der Waals surface area contributed by atoms with Crippen LogP contribution in [0.1, 0.15) is 44.4 Å². The predicted molar refractivity (Wildman–Crippen MR) is 109 cm³/mol. The number of aromatic nitrogens is 2. The van der Waals surface area contributed by atoms with Crippen molar-refractivity contribution in [1.82, 2.24) is 10.2 Å². The number of anilines is 1. The molecule has 5 heteroatoms. The number of hydrogen-bond donors (Lipinski definition) is 2. The van der Waals surface area contributed by atoms with Gasteiger partial charge in [-0.05, 0) is 30.2 Å². The van der Waals surface area contributed by atoms with Crippen LogP contribution in [-0.2, 0) is 11.2 Å². The quantitative estimate of drug-likeness (QED) is 0.658. The standard InChI is InChI=1S/C22H25N3O2/c1-3-4-8-15(2)21(26)23-17-10-7-9-16(13-17)14-20-18-11-5-6-12-19(18)22(27)25-24-20/h5-7,9-13,15H,3-4,8,14H2,1-2H3,(H,23,26)(H,25,27). The monoisotopic (exact) mass is 363 g/mol. The van der Waals surface area contributed by atoms with Crippen LogP contribution in [0.15, 0.2) is 53.3 Å². The van der Waals surface area contributed by atoms with E-state index in [4.69, 9.17) is 0 Å². The lowest BCUT2D eigenvalue weighted by molar-refractivity contribution is -0.119. The highest BCUT2D eigenvalue weighted by atomic mass is 16.2. The van der Waals surface area contributed by atoms with Crippen LogP contribution in [0.2, 0.25) is 0 Å². The minimum Gasteiger partial charge on any atom is -0.326 e. The molecule has 1 atom stereocenters. The molecule has 0 radical (unpaired) electrons. The SMILES string of the molecule is CCCCC(C)C(=O)Nc1cccc(Cc2n[nH]c(=O)c3ccccc23)c1. The van der Waals surface area contributed by atoms with Crippen LogP contribution in [0.5, 0.6) is 0 Å². The first-order valence-electron chi connectivity index (χ1n) is 9.44. The van der Waals surface area contributed by atoms with Crippen molar-refractivity contribution in [3.8, 4) is 0 Å². The third kappa shape index (κ3) is 4.61. The first-order valence-corrected chi connectivity index (χ1v) is 9.44. The van der Waals surface area contributed by atoms with Crippen molar-refractivity contribution in [3.63, 3.8) is 0 Å². The van der Waals surface area contributed by atoms with Crippen LogP contribution in [0, 0.1) is 5.92 Å². The maximum Gasteiger partial charge on any atom is 0.272 e. The third-order valence-electron chi connectivity index (χ3n) is 4.78. The fraction of sp³-hybridized carbons (Fsp3) is 0.318. The Morgan fingerprint density at radius 2 is 1.93 bits per heavy atom. The fourth-order valence-corrected chi connectivity index (χ4v) is 3.17. The molecule has 27 heavy (non-hydrogen) atoms. The smallest absolute Gasteiger partial charge is 0.272 e. The van der Waals surface area contributed by atoms with Crippen LogP contribution in [-0.4, -0.2) is 16.1 Å². The predicted octanol–water partition coefficient (Wildman–Crippen LogP) is 4.28. The Bertz CT molecular complexity index is 994. The number of aromatic amines is 1. The second kappa shape index (κ2) is 8.62. The molecule has 0 saturated heterocycles. The molecule has 5 nitrogen and oxygen atoms in total. The summed E-state index contributed by atoms with van der Waals surface area (Å²) in [6.07, 6.45) is 3.62. The Morgan fingerprint density at radius 1 is 1.15 bits per heavy atom. The van der Waals surface area contributed by atoms with E-state index in [-0.39, 0.29) is 17.4 Å². The van der Waals surface area contributed by atoms with Gasteiger partial charge in [-0.3, -0.25) is 9.59 Å². The van der Waals surface area contributed by atoms with Crippen molar-refractivity contribution in [1.29, 1.82) is 0 Å². The molecule has 1 aromatic heterocycles. The third-order valence-corrected chi connectivity index (χ3v) is 4.78. The maximum atomic E-state index is 12.3. The molecule has 0 bridgehead atoms. The summed E-state index contributed by atoms with van der Waals surface area (Å²) in [6, 6.07) is 15.2. The highest BCUT2D eigenvalue weighted by molar-refractivity contribution is 5.92. The van der Waals surface area contributed by atoms with E-state index >= 15 is 0 Å². The van der Waals surface area contributed by atoms with Crippen LogP contribution in [0.3, 0.4) is 0 Å². The van der Waals surface area contributed by atoms with Gasteiger partial charge in [0.25, 0.3) is 5.56 Å². The molecular weight excluding hydrogens is 338 g/mol. The van der Waals surface area contributed by atoms with E-state index in [1.807, 2.05) is 49.4 Å². The van der Waals surface area contributed by atoms with Crippen molar-refractivity contribution in [2.24, 2.45) is 5.92 Å². The molecular formula is C22H25N3O2. The summed E-state index contributed by atoms with van der Waals surface area (Å²) in [7, 11) is 0. The van der Waals surface area contributed by atoms with Gasteiger partial charge in [-0.25, -0.2) is 5.10 Å². The largest absolute Gasteiger partial charge is 0.326 e. The molecule has 3 aromatic rings. The van der Waals surface area contributed by atoms with Gasteiger partial charge in [-0.2, -0.15) is 5.10 Å². The number of rotatable bonds is 7. The number of H-pyrrole nitrogens is 1. The van der Waals surface area contributed by atoms with Gasteiger partial charge in [0.15, 0.2) is 0 Å². The Morgan fingerprint density at radius 3 is 2.70 bits per heavy atom. The summed E-state index contributed by atoms with van der Waals surface area (Å²) in [6.45, 7) is 4.09. The molecule has 140 valence electrons. The molecule has 1 amide bonds. The molecule has 0 saturated carbocycles. The highest BCUT2D eigenvalue weighted by Crippen LogP contribution is 2.19. The zero-order valence-electron chi connectivity index (χ0n) is 15.8. The number of nitrogens with one attached hydrogen (secondary N) is 2. The lowest BCUT2D eigenvalue weighted by atomic mass is 10.0. The van der Waals surface area contributed by atoms with E-state index in [2.05, 4.69) is 22.4 Å². The van der Waals surface area contributed by atoms with E-state index in [0.717, 1.165) is 41.6 Å². The van der Waals surface area contributed by atoms with Crippen molar-refractivity contribution in [2.45, 2.75) is 39.5 Å². The zero-order valence-corrected chi connectivity index (χ0v) is 15.8. The molecule has 0 aliphatic rings. The van der Waals surface area contributed by atoms with Gasteiger partial charge in [0.2, 0.25) is 5.91 Å². The van der Waals surface area contributed by atoms with Crippen molar-refractivity contribution in [3.05, 3.63) is 70.1 Å². The topological polar surface area (TPSA) is 74.8 Å². The Labute approximate surface area is 158 Å². The van der Waals surface area contributed by atoms with Gasteiger partial charge < -0.3 is 5.32 Å². The summed E-state index contributed by atoms with van der Waals surface area (Å²) < 4.78 is 0. The van der Waals surface area contributed by atoms with Crippen molar-refractivity contribution in [2.75, 3.05) is 5.32 Å². The molecule has 0 aliphatic carbocycles. The minimum atomic E-state index is -0.184. The lowest BCUT2D eigenvalue weighted by Crippen LogP contribution is -2.20. The van der Waals surface area contributed by atoms with E-state index in [9.17, 15) is 9.59 Å². The fourth-order valence-electron chi connectivity index (χ4n) is 3.17. The summed E-state index contributed by atoms with van der Waals surface area (Å²) >= 11 is 0. The van der Waals surface area contributed by atoms with Gasteiger partial charge in [0.05, 0.1) is 11.1 Å². The summed E-state index contributed by atoms with van der Waals surface area (Å²) in [5.74, 6) is 0.0478. The highest BCUT2D eigenvalue weighted by Gasteiger charge is 2.13. The van der Waals surface area contributed by atoms with Crippen LogP contribution < -0.4 is 10.9 Å². The Hall–Kier alpha value is -2.95. The van der Waals surface area contributed by atoms with E-state index in [0.29, 0.717) is 11.8 Å². The van der Waals surface area contributed by atoms with Gasteiger partial charge >= 0.3 is 0 Å². The molecule has 2 N–H and O–H groups in total. The number of carbonyl (C=O) groups is 1. The normalized spacial score (nSPS) is 12.1. The minimum absolute atomic E-state index is 0.00147.